The molecule has 2 aromatic rings. The molecule has 7 heteroatoms. The molecule has 168 valence electrons. The molecule has 0 bridgehead atoms. The fourth-order valence-corrected chi connectivity index (χ4v) is 4.73. The number of carboxylic acid groups (broad SMARTS) is 1. The number of Topliss-reactive ketones (excluding diaryl/α,β-unsaturated/α-hetero) is 1. The van der Waals surface area contributed by atoms with Crippen LogP contribution in [0.5, 0.6) is 0 Å². The first-order valence-electron chi connectivity index (χ1n) is 11.1. The molecule has 0 spiro atoms. The predicted molar refractivity (Wildman–Crippen MR) is 122 cm³/mol. The molecule has 32 heavy (non-hydrogen) atoms. The summed E-state index contributed by atoms with van der Waals surface area (Å²) < 4.78 is 0. The maximum Gasteiger partial charge on any atom is 0.320 e. The Bertz CT molecular complexity index is 974. The summed E-state index contributed by atoms with van der Waals surface area (Å²) in [6, 6.07) is 16.9. The zero-order chi connectivity index (χ0) is 22.7. The second kappa shape index (κ2) is 9.02. The van der Waals surface area contributed by atoms with Crippen molar-refractivity contribution in [1.82, 2.24) is 9.80 Å². The molecule has 2 aromatic carbocycles. The van der Waals surface area contributed by atoms with Crippen molar-refractivity contribution in [2.24, 2.45) is 0 Å². The minimum atomic E-state index is -0.928. The van der Waals surface area contributed by atoms with Gasteiger partial charge >= 0.3 is 12.0 Å². The number of anilines is 1. The molecule has 0 saturated carbocycles. The lowest BCUT2D eigenvalue weighted by atomic mass is 9.73. The van der Waals surface area contributed by atoms with E-state index >= 15 is 0 Å². The Kier molecular flexibility index (Phi) is 6.17. The Hall–Kier alpha value is -3.35. The fraction of sp³-hybridized carbons (Fsp3) is 0.400. The Morgan fingerprint density at radius 1 is 0.781 bits per heavy atom. The van der Waals surface area contributed by atoms with Crippen LogP contribution in [0.25, 0.3) is 0 Å². The zero-order valence-corrected chi connectivity index (χ0v) is 18.4. The van der Waals surface area contributed by atoms with Crippen LogP contribution in [-0.4, -0.2) is 72.0 Å². The van der Waals surface area contributed by atoms with Gasteiger partial charge in [-0.3, -0.25) is 9.59 Å². The van der Waals surface area contributed by atoms with E-state index in [-0.39, 0.29) is 11.8 Å². The highest BCUT2D eigenvalue weighted by molar-refractivity contribution is 5.94. The number of nitrogens with zero attached hydrogens (tertiary/aromatic N) is 3. The van der Waals surface area contributed by atoms with Crippen LogP contribution < -0.4 is 4.90 Å². The Labute approximate surface area is 188 Å². The van der Waals surface area contributed by atoms with Crippen molar-refractivity contribution < 1.29 is 19.5 Å². The monoisotopic (exact) mass is 435 g/mol. The summed E-state index contributed by atoms with van der Waals surface area (Å²) in [7, 11) is 0. The lowest BCUT2D eigenvalue weighted by molar-refractivity contribution is -0.145. The number of rotatable bonds is 4. The van der Waals surface area contributed by atoms with E-state index in [2.05, 4.69) is 4.90 Å². The summed E-state index contributed by atoms with van der Waals surface area (Å²) in [6.07, 6.45) is 0.834. The molecule has 2 heterocycles. The molecule has 4 rings (SSSR count). The number of aliphatic carboxylic acids is 1. The number of ketones is 1. The smallest absolute Gasteiger partial charge is 0.320 e. The van der Waals surface area contributed by atoms with Gasteiger partial charge in [0.1, 0.15) is 0 Å². The summed E-state index contributed by atoms with van der Waals surface area (Å²) in [5, 5.41) is 9.96. The summed E-state index contributed by atoms with van der Waals surface area (Å²) in [4.78, 5) is 42.6. The SMILES string of the molecule is CC(=O)c1ccc(N2CCN(C(=O)N3CCC(C(=O)O)(c4ccccc4)CC3)CC2)cc1. The Morgan fingerprint density at radius 2 is 1.34 bits per heavy atom. The van der Waals surface area contributed by atoms with Gasteiger partial charge in [-0.05, 0) is 49.6 Å². The lowest BCUT2D eigenvalue weighted by Gasteiger charge is -2.43. The third-order valence-electron chi connectivity index (χ3n) is 6.81. The van der Waals surface area contributed by atoms with E-state index in [4.69, 9.17) is 0 Å². The zero-order valence-electron chi connectivity index (χ0n) is 18.4. The molecule has 0 radical (unpaired) electrons. The molecule has 1 N–H and O–H groups in total. The second-order valence-electron chi connectivity index (χ2n) is 8.60. The van der Waals surface area contributed by atoms with E-state index < -0.39 is 11.4 Å². The minimum absolute atomic E-state index is 0.0105. The van der Waals surface area contributed by atoms with E-state index in [0.717, 1.165) is 24.3 Å². The van der Waals surface area contributed by atoms with Crippen LogP contribution in [0.3, 0.4) is 0 Å². The number of hydrogen-bond acceptors (Lipinski definition) is 4. The number of piperazine rings is 1. The summed E-state index contributed by atoms with van der Waals surface area (Å²) in [5.41, 5.74) is 1.63. The van der Waals surface area contributed by atoms with Crippen molar-refractivity contribution in [3.8, 4) is 0 Å². The van der Waals surface area contributed by atoms with Gasteiger partial charge in [0, 0.05) is 50.5 Å². The van der Waals surface area contributed by atoms with Gasteiger partial charge in [-0.1, -0.05) is 30.3 Å². The van der Waals surface area contributed by atoms with Gasteiger partial charge in [-0.2, -0.15) is 0 Å². The highest BCUT2D eigenvalue weighted by Crippen LogP contribution is 2.36. The van der Waals surface area contributed by atoms with E-state index in [1.54, 1.807) is 11.8 Å². The number of carbonyl (C=O) groups is 3. The normalized spacial score (nSPS) is 18.3. The van der Waals surface area contributed by atoms with Gasteiger partial charge in [0.15, 0.2) is 5.78 Å². The highest BCUT2D eigenvalue weighted by Gasteiger charge is 2.44. The van der Waals surface area contributed by atoms with Crippen LogP contribution >= 0.6 is 0 Å². The first-order valence-corrected chi connectivity index (χ1v) is 11.1. The van der Waals surface area contributed by atoms with E-state index in [1.165, 1.54) is 0 Å². The number of carbonyl (C=O) groups excluding carboxylic acids is 2. The fourth-order valence-electron chi connectivity index (χ4n) is 4.73. The van der Waals surface area contributed by atoms with Gasteiger partial charge in [-0.25, -0.2) is 4.79 Å². The molecular formula is C25H29N3O4. The average Bonchev–Trinajstić information content (AvgIpc) is 2.84. The summed E-state index contributed by atoms with van der Waals surface area (Å²) in [6.45, 7) is 5.11. The first kappa shape index (κ1) is 21.9. The molecule has 2 amide bonds. The van der Waals surface area contributed by atoms with Crippen LogP contribution in [0.4, 0.5) is 10.5 Å². The van der Waals surface area contributed by atoms with Crippen LogP contribution in [0.1, 0.15) is 35.7 Å². The molecule has 2 saturated heterocycles. The number of amides is 2. The van der Waals surface area contributed by atoms with Crippen LogP contribution in [0.2, 0.25) is 0 Å². The molecule has 0 aliphatic carbocycles. The predicted octanol–water partition coefficient (Wildman–Crippen LogP) is 3.25. The lowest BCUT2D eigenvalue weighted by Crippen LogP contribution is -2.56. The molecule has 2 fully saturated rings. The standard InChI is InChI=1S/C25H29N3O4/c1-19(29)20-7-9-22(10-8-20)26-15-17-28(18-16-26)24(32)27-13-11-25(12-14-27,23(30)31)21-5-3-2-4-6-21/h2-10H,11-18H2,1H3,(H,30,31). The first-order chi connectivity index (χ1) is 15.4. The van der Waals surface area contributed by atoms with Gasteiger partial charge in [0.25, 0.3) is 0 Å². The van der Waals surface area contributed by atoms with Gasteiger partial charge < -0.3 is 19.8 Å². The van der Waals surface area contributed by atoms with E-state index in [0.29, 0.717) is 44.6 Å². The van der Waals surface area contributed by atoms with Gasteiger partial charge in [-0.15, -0.1) is 0 Å². The third kappa shape index (κ3) is 4.20. The van der Waals surface area contributed by atoms with Crippen molar-refractivity contribution in [3.05, 3.63) is 65.7 Å². The number of hydrogen-bond donors (Lipinski definition) is 1. The highest BCUT2D eigenvalue weighted by atomic mass is 16.4. The molecule has 2 aliphatic heterocycles. The number of piperidine rings is 1. The quantitative estimate of drug-likeness (QED) is 0.746. The van der Waals surface area contributed by atoms with Gasteiger partial charge in [0.2, 0.25) is 0 Å². The van der Waals surface area contributed by atoms with Crippen molar-refractivity contribution in [2.45, 2.75) is 25.2 Å². The minimum Gasteiger partial charge on any atom is -0.481 e. The van der Waals surface area contributed by atoms with Crippen molar-refractivity contribution >= 4 is 23.5 Å². The average molecular weight is 436 g/mol. The summed E-state index contributed by atoms with van der Waals surface area (Å²) >= 11 is 0. The second-order valence-corrected chi connectivity index (χ2v) is 8.60. The van der Waals surface area contributed by atoms with Crippen LogP contribution in [0, 0.1) is 0 Å². The maximum atomic E-state index is 13.1. The van der Waals surface area contributed by atoms with Crippen LogP contribution in [-0.2, 0) is 10.2 Å². The largest absolute Gasteiger partial charge is 0.481 e. The van der Waals surface area contributed by atoms with Crippen molar-refractivity contribution in [3.63, 3.8) is 0 Å². The molecule has 0 aromatic heterocycles. The van der Waals surface area contributed by atoms with Gasteiger partial charge in [0.05, 0.1) is 5.41 Å². The molecule has 2 aliphatic rings. The molecule has 0 atom stereocenters. The maximum absolute atomic E-state index is 13.1. The molecule has 7 nitrogen and oxygen atoms in total. The van der Waals surface area contributed by atoms with E-state index in [1.807, 2.05) is 59.5 Å². The number of benzene rings is 2. The summed E-state index contributed by atoms with van der Waals surface area (Å²) in [5.74, 6) is -0.770. The Balaban J connectivity index is 1.34. The van der Waals surface area contributed by atoms with E-state index in [9.17, 15) is 19.5 Å². The van der Waals surface area contributed by atoms with Crippen molar-refractivity contribution in [1.29, 1.82) is 0 Å². The number of likely N-dealkylation sites (tertiary alicyclic amines) is 1. The number of carboxylic acids is 1. The third-order valence-corrected chi connectivity index (χ3v) is 6.81. The Morgan fingerprint density at radius 3 is 1.88 bits per heavy atom. The molecule has 0 unspecified atom stereocenters. The number of urea groups is 1. The van der Waals surface area contributed by atoms with Crippen LogP contribution in [0.15, 0.2) is 54.6 Å². The van der Waals surface area contributed by atoms with Crippen molar-refractivity contribution in [2.75, 3.05) is 44.2 Å². The molecular weight excluding hydrogens is 406 g/mol. The topological polar surface area (TPSA) is 81.2 Å².